The van der Waals surface area contributed by atoms with E-state index in [2.05, 4.69) is 16.0 Å². The smallest absolute Gasteiger partial charge is 0.227 e. The van der Waals surface area contributed by atoms with Crippen LogP contribution in [0.2, 0.25) is 0 Å². The van der Waals surface area contributed by atoms with E-state index in [4.69, 9.17) is 0 Å². The molecule has 1 unspecified atom stereocenters. The van der Waals surface area contributed by atoms with Crippen LogP contribution in [0.25, 0.3) is 0 Å². The number of carbonyl (C=O) groups is 1. The largest absolute Gasteiger partial charge is 0.381 e. The van der Waals surface area contributed by atoms with Gasteiger partial charge in [-0.1, -0.05) is 6.92 Å². The Bertz CT molecular complexity index is 486. The van der Waals surface area contributed by atoms with Gasteiger partial charge < -0.3 is 16.0 Å². The van der Waals surface area contributed by atoms with Gasteiger partial charge in [0, 0.05) is 12.0 Å². The van der Waals surface area contributed by atoms with Crippen LogP contribution in [-0.2, 0) is 4.79 Å². The van der Waals surface area contributed by atoms with Crippen LogP contribution in [0.15, 0.2) is 18.2 Å². The number of carbonyl (C=O) groups excluding carboxylic acids is 1. The number of amides is 1. The first kappa shape index (κ1) is 14.8. The topological polar surface area (TPSA) is 53.2 Å². The van der Waals surface area contributed by atoms with Gasteiger partial charge in [-0.15, -0.1) is 0 Å². The molecule has 0 radical (unpaired) electrons. The van der Waals surface area contributed by atoms with E-state index in [0.717, 1.165) is 13.1 Å². The van der Waals surface area contributed by atoms with Gasteiger partial charge in [0.25, 0.3) is 0 Å². The number of nitrogens with one attached hydrogen (secondary N) is 3. The van der Waals surface area contributed by atoms with E-state index < -0.39 is 0 Å². The lowest BCUT2D eigenvalue weighted by Crippen LogP contribution is -2.48. The Labute approximate surface area is 119 Å². The predicted molar refractivity (Wildman–Crippen MR) is 79.3 cm³/mol. The molecule has 1 aliphatic heterocycles. The Kier molecular flexibility index (Phi) is 4.60. The van der Waals surface area contributed by atoms with Gasteiger partial charge in [-0.2, -0.15) is 0 Å². The highest BCUT2D eigenvalue weighted by Crippen LogP contribution is 2.25. The highest BCUT2D eigenvalue weighted by atomic mass is 19.1. The van der Waals surface area contributed by atoms with Crippen LogP contribution in [0.1, 0.15) is 20.8 Å². The Balaban J connectivity index is 2.09. The fourth-order valence-corrected chi connectivity index (χ4v) is 2.18. The number of hydrogen-bond acceptors (Lipinski definition) is 3. The molecule has 0 saturated carbocycles. The molecule has 5 heteroatoms. The van der Waals surface area contributed by atoms with Gasteiger partial charge in [0.2, 0.25) is 5.91 Å². The van der Waals surface area contributed by atoms with Gasteiger partial charge >= 0.3 is 0 Å². The second-order valence-corrected chi connectivity index (χ2v) is 5.69. The molecule has 1 aromatic carbocycles. The number of anilines is 2. The number of halogens is 1. The number of hydrogen-bond donors (Lipinski definition) is 3. The fraction of sp³-hybridized carbons (Fsp3) is 0.533. The molecule has 1 heterocycles. The highest BCUT2D eigenvalue weighted by Gasteiger charge is 2.29. The monoisotopic (exact) mass is 279 g/mol. The average molecular weight is 279 g/mol. The van der Waals surface area contributed by atoms with Gasteiger partial charge in [-0.25, -0.2) is 4.39 Å². The third kappa shape index (κ3) is 3.48. The SMILES string of the molecule is CC(C)Nc1cc(F)ccc1NC(=O)C(C)C1CNC1. The molecule has 4 nitrogen and oxygen atoms in total. The van der Waals surface area contributed by atoms with E-state index in [-0.39, 0.29) is 23.7 Å². The van der Waals surface area contributed by atoms with Crippen molar-refractivity contribution in [3.63, 3.8) is 0 Å². The Morgan fingerprint density at radius 2 is 2.00 bits per heavy atom. The van der Waals surface area contributed by atoms with E-state index in [1.54, 1.807) is 6.07 Å². The maximum atomic E-state index is 13.3. The lowest BCUT2D eigenvalue weighted by atomic mass is 9.88. The number of benzene rings is 1. The summed E-state index contributed by atoms with van der Waals surface area (Å²) in [5.74, 6) is 0.00228. The molecule has 1 aliphatic rings. The molecule has 0 spiro atoms. The molecule has 1 atom stereocenters. The molecular weight excluding hydrogens is 257 g/mol. The van der Waals surface area contributed by atoms with Crippen LogP contribution in [-0.4, -0.2) is 25.0 Å². The maximum Gasteiger partial charge on any atom is 0.227 e. The molecule has 110 valence electrons. The van der Waals surface area contributed by atoms with Crippen LogP contribution < -0.4 is 16.0 Å². The zero-order chi connectivity index (χ0) is 14.7. The minimum atomic E-state index is -0.317. The minimum absolute atomic E-state index is 0.0186. The molecule has 3 N–H and O–H groups in total. The van der Waals surface area contributed by atoms with Crippen LogP contribution >= 0.6 is 0 Å². The summed E-state index contributed by atoms with van der Waals surface area (Å²) in [5.41, 5.74) is 1.25. The van der Waals surface area contributed by atoms with Crippen LogP contribution in [0.4, 0.5) is 15.8 Å². The van der Waals surface area contributed by atoms with Gasteiger partial charge in [0.15, 0.2) is 0 Å². The fourth-order valence-electron chi connectivity index (χ4n) is 2.18. The molecule has 1 fully saturated rings. The van der Waals surface area contributed by atoms with Crippen molar-refractivity contribution in [1.29, 1.82) is 0 Å². The zero-order valence-electron chi connectivity index (χ0n) is 12.2. The third-order valence-corrected chi connectivity index (χ3v) is 3.62. The lowest BCUT2D eigenvalue weighted by molar-refractivity contribution is -0.121. The molecule has 0 bridgehead atoms. The van der Waals surface area contributed by atoms with Crippen molar-refractivity contribution in [3.8, 4) is 0 Å². The van der Waals surface area contributed by atoms with E-state index in [1.165, 1.54) is 12.1 Å². The summed E-state index contributed by atoms with van der Waals surface area (Å²) in [5, 5.41) is 9.21. The third-order valence-electron chi connectivity index (χ3n) is 3.62. The first-order chi connectivity index (χ1) is 9.47. The Hall–Kier alpha value is -1.62. The summed E-state index contributed by atoms with van der Waals surface area (Å²) in [6.07, 6.45) is 0. The Morgan fingerprint density at radius 1 is 1.30 bits per heavy atom. The Morgan fingerprint density at radius 3 is 2.55 bits per heavy atom. The van der Waals surface area contributed by atoms with E-state index in [0.29, 0.717) is 17.3 Å². The molecule has 1 saturated heterocycles. The normalized spacial score (nSPS) is 16.6. The van der Waals surface area contributed by atoms with Crippen molar-refractivity contribution in [3.05, 3.63) is 24.0 Å². The molecular formula is C15H22FN3O. The van der Waals surface area contributed by atoms with E-state index >= 15 is 0 Å². The standard InChI is InChI=1S/C15H22FN3O/c1-9(2)18-14-6-12(16)4-5-13(14)19-15(20)10(3)11-7-17-8-11/h4-6,9-11,17-18H,7-8H2,1-3H3,(H,19,20). The van der Waals surface area contributed by atoms with Crippen molar-refractivity contribution in [2.24, 2.45) is 11.8 Å². The van der Waals surface area contributed by atoms with Gasteiger partial charge in [-0.05, 0) is 51.1 Å². The molecule has 0 aromatic heterocycles. The van der Waals surface area contributed by atoms with Gasteiger partial charge in [-0.3, -0.25) is 4.79 Å². The average Bonchev–Trinajstić information content (AvgIpc) is 2.29. The summed E-state index contributed by atoms with van der Waals surface area (Å²) in [7, 11) is 0. The van der Waals surface area contributed by atoms with Crippen LogP contribution in [0, 0.1) is 17.7 Å². The van der Waals surface area contributed by atoms with E-state index in [1.807, 2.05) is 20.8 Å². The number of rotatable bonds is 5. The van der Waals surface area contributed by atoms with Crippen LogP contribution in [0.5, 0.6) is 0 Å². The molecule has 1 aromatic rings. The zero-order valence-corrected chi connectivity index (χ0v) is 12.2. The molecule has 1 amide bonds. The van der Waals surface area contributed by atoms with E-state index in [9.17, 15) is 9.18 Å². The summed E-state index contributed by atoms with van der Waals surface area (Å²) < 4.78 is 13.3. The molecule has 20 heavy (non-hydrogen) atoms. The summed E-state index contributed by atoms with van der Waals surface area (Å²) in [6.45, 7) is 7.64. The van der Waals surface area contributed by atoms with Gasteiger partial charge in [0.05, 0.1) is 11.4 Å². The quantitative estimate of drug-likeness (QED) is 0.776. The molecule has 0 aliphatic carbocycles. The summed E-state index contributed by atoms with van der Waals surface area (Å²) >= 11 is 0. The first-order valence-electron chi connectivity index (χ1n) is 7.05. The van der Waals surface area contributed by atoms with Crippen molar-refractivity contribution in [2.45, 2.75) is 26.8 Å². The van der Waals surface area contributed by atoms with Crippen molar-refractivity contribution in [1.82, 2.24) is 5.32 Å². The van der Waals surface area contributed by atoms with Crippen molar-refractivity contribution in [2.75, 3.05) is 23.7 Å². The minimum Gasteiger partial charge on any atom is -0.381 e. The summed E-state index contributed by atoms with van der Waals surface area (Å²) in [4.78, 5) is 12.2. The predicted octanol–water partition coefficient (Wildman–Crippen LogP) is 2.44. The maximum absolute atomic E-state index is 13.3. The second kappa shape index (κ2) is 6.22. The molecule has 2 rings (SSSR count). The lowest BCUT2D eigenvalue weighted by Gasteiger charge is -2.31. The highest BCUT2D eigenvalue weighted by molar-refractivity contribution is 5.95. The van der Waals surface area contributed by atoms with Gasteiger partial charge in [0.1, 0.15) is 5.82 Å². The van der Waals surface area contributed by atoms with Crippen molar-refractivity contribution < 1.29 is 9.18 Å². The van der Waals surface area contributed by atoms with Crippen molar-refractivity contribution >= 4 is 17.3 Å². The second-order valence-electron chi connectivity index (χ2n) is 5.69. The van der Waals surface area contributed by atoms with Crippen LogP contribution in [0.3, 0.4) is 0 Å². The summed E-state index contributed by atoms with van der Waals surface area (Å²) in [6, 6.07) is 4.53. The first-order valence-corrected chi connectivity index (χ1v) is 7.05.